The molecule has 0 aliphatic heterocycles. The number of aliphatic hydroxyl groups excluding tert-OH is 1. The highest BCUT2D eigenvalue weighted by Gasteiger charge is 2.22. The van der Waals surface area contributed by atoms with Crippen molar-refractivity contribution in [1.82, 2.24) is 0 Å². The van der Waals surface area contributed by atoms with Crippen LogP contribution >= 0.6 is 0 Å². The number of benzene rings is 1. The third kappa shape index (κ3) is 5.87. The second kappa shape index (κ2) is 8.97. The van der Waals surface area contributed by atoms with Crippen LogP contribution in [0.2, 0.25) is 0 Å². The van der Waals surface area contributed by atoms with Crippen molar-refractivity contribution in [3.05, 3.63) is 29.8 Å². The normalized spacial score (nSPS) is 23.6. The maximum Gasteiger partial charge on any atom is 0.297 e. The molecule has 0 spiro atoms. The molecule has 0 heterocycles. The largest absolute Gasteiger partial charge is 0.391 e. The van der Waals surface area contributed by atoms with Crippen LogP contribution < -0.4 is 0 Å². The minimum atomic E-state index is -3.79. The molecule has 1 aromatic carbocycles. The van der Waals surface area contributed by atoms with Gasteiger partial charge in [0.2, 0.25) is 0 Å². The summed E-state index contributed by atoms with van der Waals surface area (Å²) in [6, 6.07) is 6.54. The molecule has 24 heavy (non-hydrogen) atoms. The Hall–Kier alpha value is -0.910. The zero-order valence-electron chi connectivity index (χ0n) is 14.8. The van der Waals surface area contributed by atoms with Crippen LogP contribution in [-0.4, -0.2) is 26.2 Å². The fourth-order valence-corrected chi connectivity index (χ4v) is 4.37. The van der Waals surface area contributed by atoms with Gasteiger partial charge in [0.05, 0.1) is 17.6 Å². The highest BCUT2D eigenvalue weighted by Crippen LogP contribution is 2.32. The third-order valence-corrected chi connectivity index (χ3v) is 6.43. The first-order valence-electron chi connectivity index (χ1n) is 9.02. The zero-order chi connectivity index (χ0) is 17.6. The highest BCUT2D eigenvalue weighted by atomic mass is 32.2. The fraction of sp³-hybridized carbons (Fsp3) is 0.684. The van der Waals surface area contributed by atoms with Crippen molar-refractivity contribution in [1.29, 1.82) is 0 Å². The molecule has 1 aliphatic carbocycles. The van der Waals surface area contributed by atoms with Gasteiger partial charge in [0.15, 0.2) is 0 Å². The van der Waals surface area contributed by atoms with E-state index in [1.54, 1.807) is 12.1 Å². The van der Waals surface area contributed by atoms with Gasteiger partial charge in [0.1, 0.15) is 0 Å². The standard InChI is InChI=1S/C19H30O4S/c1-15-8-12-19(13-9-15)24(21,22)23-14-18(20)11-10-17-7-5-3-4-6-16(17)2/h8-9,12-13,16-18,20H,3-7,10-11,14H2,1-2H3. The number of rotatable bonds is 7. The molecular formula is C19H30O4S. The van der Waals surface area contributed by atoms with Gasteiger partial charge in [0, 0.05) is 0 Å². The Kier molecular flexibility index (Phi) is 7.26. The molecular weight excluding hydrogens is 324 g/mol. The van der Waals surface area contributed by atoms with Crippen molar-refractivity contribution in [2.24, 2.45) is 11.8 Å². The number of aliphatic hydroxyl groups is 1. The molecule has 1 aliphatic rings. The van der Waals surface area contributed by atoms with Gasteiger partial charge in [0.25, 0.3) is 10.1 Å². The van der Waals surface area contributed by atoms with Crippen LogP contribution in [0.3, 0.4) is 0 Å². The molecule has 0 radical (unpaired) electrons. The Bertz CT molecular complexity index is 594. The van der Waals surface area contributed by atoms with Gasteiger partial charge in [-0.15, -0.1) is 0 Å². The smallest absolute Gasteiger partial charge is 0.297 e. The molecule has 5 heteroatoms. The first kappa shape index (κ1) is 19.4. The molecule has 2 rings (SSSR count). The minimum Gasteiger partial charge on any atom is -0.391 e. The van der Waals surface area contributed by atoms with Crippen LogP contribution in [0.5, 0.6) is 0 Å². The van der Waals surface area contributed by atoms with Crippen molar-refractivity contribution in [3.8, 4) is 0 Å². The van der Waals surface area contributed by atoms with E-state index in [1.807, 2.05) is 6.92 Å². The quantitative estimate of drug-likeness (QED) is 0.592. The summed E-state index contributed by atoms with van der Waals surface area (Å²) in [5.41, 5.74) is 0.992. The molecule has 4 nitrogen and oxygen atoms in total. The Morgan fingerprint density at radius 2 is 1.83 bits per heavy atom. The lowest BCUT2D eigenvalue weighted by molar-refractivity contribution is 0.0925. The Balaban J connectivity index is 1.79. The Morgan fingerprint density at radius 3 is 2.54 bits per heavy atom. The van der Waals surface area contributed by atoms with Gasteiger partial charge in [-0.05, 0) is 43.7 Å². The van der Waals surface area contributed by atoms with Gasteiger partial charge in [-0.3, -0.25) is 4.18 Å². The molecule has 0 bridgehead atoms. The SMILES string of the molecule is Cc1ccc(S(=O)(=O)OCC(O)CCC2CCCCCC2C)cc1. The van der Waals surface area contributed by atoms with Crippen molar-refractivity contribution in [2.45, 2.75) is 69.8 Å². The van der Waals surface area contributed by atoms with Gasteiger partial charge >= 0.3 is 0 Å². The van der Waals surface area contributed by atoms with E-state index in [0.29, 0.717) is 18.3 Å². The highest BCUT2D eigenvalue weighted by molar-refractivity contribution is 7.86. The Morgan fingerprint density at radius 1 is 1.17 bits per heavy atom. The predicted octanol–water partition coefficient (Wildman–Crippen LogP) is 4.06. The van der Waals surface area contributed by atoms with Crippen molar-refractivity contribution in [3.63, 3.8) is 0 Å². The monoisotopic (exact) mass is 354 g/mol. The van der Waals surface area contributed by atoms with Crippen molar-refractivity contribution >= 4 is 10.1 Å². The maximum absolute atomic E-state index is 12.1. The first-order chi connectivity index (χ1) is 11.4. The summed E-state index contributed by atoms with van der Waals surface area (Å²) < 4.78 is 29.3. The van der Waals surface area contributed by atoms with E-state index in [4.69, 9.17) is 4.18 Å². The van der Waals surface area contributed by atoms with Gasteiger partial charge < -0.3 is 5.11 Å². The van der Waals surface area contributed by atoms with Crippen LogP contribution in [0, 0.1) is 18.8 Å². The molecule has 3 atom stereocenters. The molecule has 1 N–H and O–H groups in total. The van der Waals surface area contributed by atoms with Crippen LogP contribution in [0.4, 0.5) is 0 Å². The topological polar surface area (TPSA) is 63.6 Å². The summed E-state index contributed by atoms with van der Waals surface area (Å²) in [7, 11) is -3.79. The van der Waals surface area contributed by atoms with Crippen molar-refractivity contribution in [2.75, 3.05) is 6.61 Å². The average Bonchev–Trinajstić information content (AvgIpc) is 2.76. The second-order valence-corrected chi connectivity index (χ2v) is 8.77. The summed E-state index contributed by atoms with van der Waals surface area (Å²) in [5, 5.41) is 10.1. The van der Waals surface area contributed by atoms with Gasteiger partial charge in [-0.25, -0.2) is 0 Å². The van der Waals surface area contributed by atoms with Gasteiger partial charge in [-0.2, -0.15) is 8.42 Å². The molecule has 136 valence electrons. The molecule has 3 unspecified atom stereocenters. The molecule has 1 fully saturated rings. The lowest BCUT2D eigenvalue weighted by Gasteiger charge is -2.22. The Labute approximate surface area is 146 Å². The summed E-state index contributed by atoms with van der Waals surface area (Å²) in [4.78, 5) is 0.137. The molecule has 1 saturated carbocycles. The zero-order valence-corrected chi connectivity index (χ0v) is 15.6. The molecule has 1 aromatic rings. The lowest BCUT2D eigenvalue weighted by atomic mass is 9.85. The van der Waals surface area contributed by atoms with Crippen LogP contribution in [0.1, 0.15) is 57.4 Å². The van der Waals surface area contributed by atoms with E-state index in [9.17, 15) is 13.5 Å². The lowest BCUT2D eigenvalue weighted by Crippen LogP contribution is -2.21. The average molecular weight is 355 g/mol. The molecule has 0 aromatic heterocycles. The first-order valence-corrected chi connectivity index (χ1v) is 10.4. The summed E-state index contributed by atoms with van der Waals surface area (Å²) in [6.07, 6.45) is 7.16. The van der Waals surface area contributed by atoms with Crippen LogP contribution in [0.25, 0.3) is 0 Å². The van der Waals surface area contributed by atoms with Gasteiger partial charge in [-0.1, -0.05) is 56.7 Å². The van der Waals surface area contributed by atoms with E-state index in [2.05, 4.69) is 6.92 Å². The van der Waals surface area contributed by atoms with E-state index in [0.717, 1.165) is 12.0 Å². The van der Waals surface area contributed by atoms with E-state index >= 15 is 0 Å². The summed E-state index contributed by atoms with van der Waals surface area (Å²) in [5.74, 6) is 1.33. The van der Waals surface area contributed by atoms with E-state index < -0.39 is 16.2 Å². The number of aryl methyl sites for hydroxylation is 1. The minimum absolute atomic E-state index is 0.137. The number of hydrogen-bond acceptors (Lipinski definition) is 4. The molecule has 0 amide bonds. The summed E-state index contributed by atoms with van der Waals surface area (Å²) in [6.45, 7) is 4.02. The van der Waals surface area contributed by atoms with E-state index in [-0.39, 0.29) is 11.5 Å². The number of hydrogen-bond donors (Lipinski definition) is 1. The fourth-order valence-electron chi connectivity index (χ4n) is 3.43. The molecule has 0 saturated heterocycles. The second-order valence-electron chi connectivity index (χ2n) is 7.16. The summed E-state index contributed by atoms with van der Waals surface area (Å²) >= 11 is 0. The maximum atomic E-state index is 12.1. The van der Waals surface area contributed by atoms with E-state index in [1.165, 1.54) is 44.2 Å². The van der Waals surface area contributed by atoms with Crippen LogP contribution in [-0.2, 0) is 14.3 Å². The van der Waals surface area contributed by atoms with Crippen LogP contribution in [0.15, 0.2) is 29.2 Å². The van der Waals surface area contributed by atoms with Crippen molar-refractivity contribution < 1.29 is 17.7 Å². The third-order valence-electron chi connectivity index (χ3n) is 5.14. The predicted molar refractivity (Wildman–Crippen MR) is 95.3 cm³/mol.